The maximum absolute atomic E-state index is 14.0. The average molecular weight is 502 g/mol. The van der Waals surface area contributed by atoms with Gasteiger partial charge >= 0.3 is 0 Å². The third kappa shape index (κ3) is 5.94. The van der Waals surface area contributed by atoms with Gasteiger partial charge in [0.15, 0.2) is 0 Å². The van der Waals surface area contributed by atoms with Crippen molar-refractivity contribution in [2.45, 2.75) is 38.8 Å². The largest absolute Gasteiger partial charge is 0.490 e. The molecule has 2 aliphatic heterocycles. The molecule has 7 nitrogen and oxygen atoms in total. The minimum absolute atomic E-state index is 0.0910. The Morgan fingerprint density at radius 3 is 2.97 bits per heavy atom. The summed E-state index contributed by atoms with van der Waals surface area (Å²) in [7, 11) is 2.10. The number of hydrogen-bond acceptors (Lipinski definition) is 6. The van der Waals surface area contributed by atoms with Crippen LogP contribution in [0.4, 0.5) is 14.5 Å². The molecule has 4 rings (SSSR count). The van der Waals surface area contributed by atoms with Gasteiger partial charge in [0.05, 0.1) is 11.8 Å². The third-order valence-electron chi connectivity index (χ3n) is 6.44. The first-order chi connectivity index (χ1) is 16.8. The van der Waals surface area contributed by atoms with E-state index in [-0.39, 0.29) is 27.7 Å². The van der Waals surface area contributed by atoms with E-state index >= 15 is 0 Å². The molecule has 1 atom stereocenters. The van der Waals surface area contributed by atoms with E-state index in [0.29, 0.717) is 43.6 Å². The highest BCUT2D eigenvalue weighted by Gasteiger charge is 2.25. The molecule has 1 aromatic carbocycles. The van der Waals surface area contributed by atoms with Gasteiger partial charge in [0.1, 0.15) is 29.0 Å². The molecule has 2 aliphatic rings. The van der Waals surface area contributed by atoms with Crippen LogP contribution < -0.4 is 20.7 Å². The lowest BCUT2D eigenvalue weighted by Crippen LogP contribution is -2.39. The number of nitrogens with one attached hydrogen (secondary N) is 3. The number of pyridine rings is 1. The Balaban J connectivity index is 1.49. The number of thiocarbonyl (C=S) groups is 1. The maximum atomic E-state index is 14.0. The normalized spacial score (nSPS) is 18.4. The average Bonchev–Trinajstić information content (AvgIpc) is 3.24. The maximum Gasteiger partial charge on any atom is 0.256 e. The van der Waals surface area contributed by atoms with Gasteiger partial charge in [-0.2, -0.15) is 0 Å². The van der Waals surface area contributed by atoms with Crippen molar-refractivity contribution in [1.29, 1.82) is 0 Å². The second kappa shape index (κ2) is 11.1. The summed E-state index contributed by atoms with van der Waals surface area (Å²) in [6.07, 6.45) is 6.20. The minimum Gasteiger partial charge on any atom is -0.490 e. The third-order valence-corrected chi connectivity index (χ3v) is 6.74. The van der Waals surface area contributed by atoms with Gasteiger partial charge in [0, 0.05) is 60.3 Å². The zero-order valence-corrected chi connectivity index (χ0v) is 20.6. The summed E-state index contributed by atoms with van der Waals surface area (Å²) < 4.78 is 33.8. The predicted octanol–water partition coefficient (Wildman–Crippen LogP) is 3.44. The van der Waals surface area contributed by atoms with E-state index in [1.54, 1.807) is 12.4 Å². The van der Waals surface area contributed by atoms with Gasteiger partial charge in [0.2, 0.25) is 0 Å². The van der Waals surface area contributed by atoms with Gasteiger partial charge in [-0.15, -0.1) is 0 Å². The Labute approximate surface area is 208 Å². The number of ether oxygens (including phenoxy) is 1. The summed E-state index contributed by atoms with van der Waals surface area (Å²) in [6, 6.07) is 4.22. The summed E-state index contributed by atoms with van der Waals surface area (Å²) in [5, 5.41) is 8.94. The number of carbonyl (C=O) groups excluding carboxylic acids is 1. The van der Waals surface area contributed by atoms with Crippen LogP contribution in [0.3, 0.4) is 0 Å². The molecule has 0 bridgehead atoms. The molecule has 10 heteroatoms. The molecule has 1 fully saturated rings. The number of aromatic nitrogens is 1. The first-order valence-corrected chi connectivity index (χ1v) is 12.0. The molecule has 0 radical (unpaired) electrons. The second-order valence-electron chi connectivity index (χ2n) is 8.80. The van der Waals surface area contributed by atoms with Crippen LogP contribution in [0, 0.1) is 18.6 Å². The monoisotopic (exact) mass is 501 g/mol. The zero-order valence-electron chi connectivity index (χ0n) is 19.8. The van der Waals surface area contributed by atoms with Crippen molar-refractivity contribution in [2.75, 3.05) is 32.1 Å². The Morgan fingerprint density at radius 2 is 2.20 bits per heavy atom. The SMILES string of the molecule is Cc1c(F)cc(F)cc1NC(=S)C1=C(NCc2ccncc2OC[C@@H]2CCCN2C)CCNC1=O. The van der Waals surface area contributed by atoms with E-state index in [1.165, 1.54) is 13.3 Å². The highest BCUT2D eigenvalue weighted by atomic mass is 32.1. The summed E-state index contributed by atoms with van der Waals surface area (Å²) >= 11 is 5.47. The molecule has 0 unspecified atom stereocenters. The molecule has 3 N–H and O–H groups in total. The van der Waals surface area contributed by atoms with E-state index in [2.05, 4.69) is 32.9 Å². The summed E-state index contributed by atoms with van der Waals surface area (Å²) in [5.41, 5.74) is 2.20. The van der Waals surface area contributed by atoms with Crippen LogP contribution >= 0.6 is 12.2 Å². The van der Waals surface area contributed by atoms with Crippen LogP contribution in [0.5, 0.6) is 5.75 Å². The first kappa shape index (κ1) is 25.0. The van der Waals surface area contributed by atoms with Crippen LogP contribution in [0.15, 0.2) is 41.9 Å². The van der Waals surface area contributed by atoms with E-state index in [4.69, 9.17) is 17.0 Å². The van der Waals surface area contributed by atoms with Crippen molar-refractivity contribution in [2.24, 2.45) is 0 Å². The van der Waals surface area contributed by atoms with E-state index in [0.717, 1.165) is 30.7 Å². The number of rotatable bonds is 8. The molecule has 186 valence electrons. The van der Waals surface area contributed by atoms with Gasteiger partial charge in [0.25, 0.3) is 5.91 Å². The highest BCUT2D eigenvalue weighted by Crippen LogP contribution is 2.24. The second-order valence-corrected chi connectivity index (χ2v) is 9.21. The molecule has 1 amide bonds. The summed E-state index contributed by atoms with van der Waals surface area (Å²) in [5.74, 6) is -1.08. The van der Waals surface area contributed by atoms with Gasteiger partial charge in [-0.3, -0.25) is 9.78 Å². The minimum atomic E-state index is -0.729. The Hall–Kier alpha value is -3.11. The summed E-state index contributed by atoms with van der Waals surface area (Å²) in [6.45, 7) is 4.03. The number of benzene rings is 1. The fourth-order valence-corrected chi connectivity index (χ4v) is 4.62. The molecular weight excluding hydrogens is 472 g/mol. The van der Waals surface area contributed by atoms with E-state index in [9.17, 15) is 13.6 Å². The number of hydrogen-bond donors (Lipinski definition) is 3. The molecule has 1 saturated heterocycles. The van der Waals surface area contributed by atoms with Crippen LogP contribution in [0.2, 0.25) is 0 Å². The lowest BCUT2D eigenvalue weighted by Gasteiger charge is -2.24. The van der Waals surface area contributed by atoms with Gasteiger partial charge in [-0.05, 0) is 45.5 Å². The van der Waals surface area contributed by atoms with Crippen molar-refractivity contribution < 1.29 is 18.3 Å². The predicted molar refractivity (Wildman–Crippen MR) is 134 cm³/mol. The molecule has 3 heterocycles. The smallest absolute Gasteiger partial charge is 0.256 e. The van der Waals surface area contributed by atoms with Gasteiger partial charge in [-0.25, -0.2) is 8.78 Å². The molecular formula is C25H29F2N5O2S. The number of amides is 1. The van der Waals surface area contributed by atoms with E-state index in [1.807, 2.05) is 6.07 Å². The Kier molecular flexibility index (Phi) is 7.92. The molecule has 0 aliphatic carbocycles. The summed E-state index contributed by atoms with van der Waals surface area (Å²) in [4.78, 5) is 19.3. The molecule has 0 spiro atoms. The molecule has 35 heavy (non-hydrogen) atoms. The zero-order chi connectivity index (χ0) is 24.9. The van der Waals surface area contributed by atoms with Crippen molar-refractivity contribution in [3.63, 3.8) is 0 Å². The van der Waals surface area contributed by atoms with Crippen molar-refractivity contribution in [1.82, 2.24) is 20.5 Å². The fourth-order valence-electron chi connectivity index (χ4n) is 4.29. The quantitative estimate of drug-likeness (QED) is 0.479. The van der Waals surface area contributed by atoms with Gasteiger partial charge in [-0.1, -0.05) is 12.2 Å². The van der Waals surface area contributed by atoms with Crippen LogP contribution in [-0.4, -0.2) is 53.6 Å². The highest BCUT2D eigenvalue weighted by molar-refractivity contribution is 7.81. The molecule has 0 saturated carbocycles. The van der Waals surface area contributed by atoms with Crippen molar-refractivity contribution >= 4 is 28.8 Å². The topological polar surface area (TPSA) is 78.5 Å². The Morgan fingerprint density at radius 1 is 1.37 bits per heavy atom. The Bertz CT molecular complexity index is 1160. The number of nitrogens with zero attached hydrogens (tertiary/aromatic N) is 2. The number of halogens is 2. The van der Waals surface area contributed by atoms with Crippen LogP contribution in [-0.2, 0) is 11.3 Å². The lowest BCUT2D eigenvalue weighted by atomic mass is 10.1. The molecule has 1 aromatic heterocycles. The van der Waals surface area contributed by atoms with Crippen molar-refractivity contribution in [3.05, 3.63) is 64.6 Å². The molecule has 2 aromatic rings. The standard InChI is InChI=1S/C25H29F2N5O2S/c1-15-19(27)10-17(26)11-21(15)31-25(35)23-20(6-8-29-24(23)33)30-12-16-5-7-28-13-22(16)34-14-18-4-3-9-32(18)2/h5,7,10-11,13,18,30H,3-4,6,8-9,12,14H2,1-2H3,(H,29,33)(H,31,35)/t18-/m0/s1. The van der Waals surface area contributed by atoms with Crippen LogP contribution in [0.1, 0.15) is 30.4 Å². The van der Waals surface area contributed by atoms with Crippen molar-refractivity contribution in [3.8, 4) is 5.75 Å². The number of likely N-dealkylation sites (tertiary alicyclic amines) is 1. The fraction of sp³-hybridized carbons (Fsp3) is 0.400. The number of anilines is 1. The lowest BCUT2D eigenvalue weighted by molar-refractivity contribution is -0.117. The number of likely N-dealkylation sites (N-methyl/N-ethyl adjacent to an activating group) is 1. The van der Waals surface area contributed by atoms with Crippen LogP contribution in [0.25, 0.3) is 0 Å². The number of carbonyl (C=O) groups is 1. The first-order valence-electron chi connectivity index (χ1n) is 11.6. The van der Waals surface area contributed by atoms with E-state index < -0.39 is 11.6 Å². The van der Waals surface area contributed by atoms with Gasteiger partial charge < -0.3 is 25.6 Å².